The molecule has 9 heteroatoms. The van der Waals surface area contributed by atoms with Gasteiger partial charge in [0.2, 0.25) is 5.88 Å². The van der Waals surface area contributed by atoms with Crippen molar-refractivity contribution in [2.45, 2.75) is 44.3 Å². The van der Waals surface area contributed by atoms with Crippen molar-refractivity contribution in [2.24, 2.45) is 0 Å². The molecule has 2 aliphatic rings. The third-order valence-corrected chi connectivity index (χ3v) is 7.31. The van der Waals surface area contributed by atoms with Gasteiger partial charge in [0, 0.05) is 29.3 Å². The van der Waals surface area contributed by atoms with Crippen LogP contribution in [0.5, 0.6) is 23.1 Å². The van der Waals surface area contributed by atoms with Crippen LogP contribution in [0.15, 0.2) is 83.8 Å². The summed E-state index contributed by atoms with van der Waals surface area (Å²) in [6.07, 6.45) is -0.438. The van der Waals surface area contributed by atoms with E-state index in [0.29, 0.717) is 12.2 Å². The number of fused-ring (bicyclic) bond motifs is 2. The summed E-state index contributed by atoms with van der Waals surface area (Å²) in [5, 5.41) is 19.3. The highest BCUT2D eigenvalue weighted by atomic mass is 16.5. The molecule has 2 aliphatic heterocycles. The maximum atomic E-state index is 12.6. The van der Waals surface area contributed by atoms with Crippen LogP contribution in [0.25, 0.3) is 0 Å². The van der Waals surface area contributed by atoms with E-state index >= 15 is 0 Å². The lowest BCUT2D eigenvalue weighted by atomic mass is 9.88. The minimum atomic E-state index is -0.839. The Hall–Kier alpha value is -4.18. The Morgan fingerprint density at radius 3 is 2.30 bits per heavy atom. The molecule has 1 aromatic heterocycles. The fourth-order valence-electron chi connectivity index (χ4n) is 5.16. The summed E-state index contributed by atoms with van der Waals surface area (Å²) in [5.74, 6) is 2.72. The summed E-state index contributed by atoms with van der Waals surface area (Å²) in [5.41, 5.74) is 3.20. The van der Waals surface area contributed by atoms with E-state index in [2.05, 4.69) is 17.1 Å². The molecule has 0 bridgehead atoms. The predicted octanol–water partition coefficient (Wildman–Crippen LogP) is 4.09. The second-order valence-electron chi connectivity index (χ2n) is 10.0. The summed E-state index contributed by atoms with van der Waals surface area (Å²) in [4.78, 5) is 16.7. The van der Waals surface area contributed by atoms with Crippen molar-refractivity contribution < 1.29 is 29.2 Å². The number of ether oxygens (including phenoxy) is 4. The first-order valence-electron chi connectivity index (χ1n) is 13.2. The molecule has 0 aliphatic carbocycles. The average Bonchev–Trinajstić information content (AvgIpc) is 3.36. The number of aliphatic hydroxyl groups is 2. The Bertz CT molecular complexity index is 1510. The molecule has 0 radical (unpaired) electrons. The van der Waals surface area contributed by atoms with Gasteiger partial charge >= 0.3 is 5.69 Å². The topological polar surface area (TPSA) is 112 Å². The van der Waals surface area contributed by atoms with Gasteiger partial charge < -0.3 is 29.2 Å². The van der Waals surface area contributed by atoms with E-state index in [-0.39, 0.29) is 31.4 Å². The highest BCUT2D eigenvalue weighted by Gasteiger charge is 2.35. The molecule has 2 N–H and O–H groups in total. The second kappa shape index (κ2) is 11.1. The molecule has 1 saturated heterocycles. The molecule has 206 valence electrons. The van der Waals surface area contributed by atoms with Crippen molar-refractivity contribution in [1.82, 2.24) is 9.55 Å². The molecular formula is C31H30N2O7. The van der Waals surface area contributed by atoms with Crippen LogP contribution in [0.3, 0.4) is 0 Å². The first-order chi connectivity index (χ1) is 19.5. The van der Waals surface area contributed by atoms with Gasteiger partial charge in [0.1, 0.15) is 36.2 Å². The number of hydrogen-bond acceptors (Lipinski definition) is 8. The van der Waals surface area contributed by atoms with Crippen molar-refractivity contribution in [3.8, 4) is 23.1 Å². The molecule has 3 aromatic carbocycles. The first kappa shape index (κ1) is 26.1. The van der Waals surface area contributed by atoms with Gasteiger partial charge in [-0.3, -0.25) is 4.57 Å². The van der Waals surface area contributed by atoms with Gasteiger partial charge in [0.15, 0.2) is 0 Å². The van der Waals surface area contributed by atoms with Crippen LogP contribution in [0, 0.1) is 6.92 Å². The van der Waals surface area contributed by atoms with Gasteiger partial charge in [-0.05, 0) is 36.8 Å². The zero-order valence-corrected chi connectivity index (χ0v) is 22.0. The number of rotatable bonds is 8. The minimum Gasteiger partial charge on any atom is -0.493 e. The van der Waals surface area contributed by atoms with E-state index in [0.717, 1.165) is 33.9 Å². The standard InChI is InChI=1S/C31H30N2O7/c1-19-15-33(29-14-25(35)28(16-34)40-29)31(36)32-30(19)38-17-20-10-12-21(13-11-20)37-18-24-22-6-2-4-8-26(22)39-27-9-5-3-7-23(24)27/h2-13,15,24-25,28-29,34-35H,14,16-18H2,1H3. The number of nitrogens with zero attached hydrogens (tertiary/aromatic N) is 2. The van der Waals surface area contributed by atoms with E-state index in [1.165, 1.54) is 4.57 Å². The average molecular weight is 543 g/mol. The Morgan fingerprint density at radius 1 is 0.975 bits per heavy atom. The number of para-hydroxylation sites is 2. The van der Waals surface area contributed by atoms with Crippen LogP contribution in [-0.4, -0.2) is 45.2 Å². The maximum absolute atomic E-state index is 12.6. The highest BCUT2D eigenvalue weighted by Crippen LogP contribution is 2.44. The maximum Gasteiger partial charge on any atom is 0.352 e. The lowest BCUT2D eigenvalue weighted by Gasteiger charge is -2.28. The molecule has 1 fully saturated rings. The minimum absolute atomic E-state index is 0.0489. The Labute approximate surface area is 231 Å². The van der Waals surface area contributed by atoms with Crippen LogP contribution in [0.2, 0.25) is 0 Å². The quantitative estimate of drug-likeness (QED) is 0.343. The van der Waals surface area contributed by atoms with Crippen molar-refractivity contribution in [3.05, 3.63) is 112 Å². The molecule has 3 atom stereocenters. The zero-order chi connectivity index (χ0) is 27.6. The van der Waals surface area contributed by atoms with Crippen LogP contribution in [0.4, 0.5) is 0 Å². The van der Waals surface area contributed by atoms with Gasteiger partial charge in [-0.2, -0.15) is 4.98 Å². The Morgan fingerprint density at radius 2 is 1.65 bits per heavy atom. The van der Waals surface area contributed by atoms with Crippen LogP contribution in [-0.2, 0) is 11.3 Å². The summed E-state index contributed by atoms with van der Waals surface area (Å²) in [6.45, 7) is 2.16. The van der Waals surface area contributed by atoms with Crippen molar-refractivity contribution in [1.29, 1.82) is 0 Å². The molecule has 0 spiro atoms. The third kappa shape index (κ3) is 5.19. The summed E-state index contributed by atoms with van der Waals surface area (Å²) in [7, 11) is 0. The molecule has 3 unspecified atom stereocenters. The summed E-state index contributed by atoms with van der Waals surface area (Å²) in [6, 6.07) is 23.7. The number of hydrogen-bond donors (Lipinski definition) is 2. The third-order valence-electron chi connectivity index (χ3n) is 7.31. The number of benzene rings is 3. The van der Waals surface area contributed by atoms with Crippen molar-refractivity contribution in [2.75, 3.05) is 13.2 Å². The molecular weight excluding hydrogens is 512 g/mol. The lowest BCUT2D eigenvalue weighted by molar-refractivity contribution is -0.0460. The van der Waals surface area contributed by atoms with Gasteiger partial charge in [-0.15, -0.1) is 0 Å². The number of aromatic nitrogens is 2. The fourth-order valence-corrected chi connectivity index (χ4v) is 5.16. The Kier molecular flexibility index (Phi) is 7.25. The van der Waals surface area contributed by atoms with Gasteiger partial charge in [-0.25, -0.2) is 4.79 Å². The van der Waals surface area contributed by atoms with E-state index in [1.54, 1.807) is 13.1 Å². The number of aliphatic hydroxyl groups excluding tert-OH is 2. The smallest absolute Gasteiger partial charge is 0.352 e. The SMILES string of the molecule is Cc1cn(C2CC(O)C(CO)O2)c(=O)nc1OCc1ccc(OCC2c3ccccc3Oc3ccccc32)cc1. The second-order valence-corrected chi connectivity index (χ2v) is 10.0. The lowest BCUT2D eigenvalue weighted by Crippen LogP contribution is -2.28. The van der Waals surface area contributed by atoms with E-state index < -0.39 is 24.1 Å². The highest BCUT2D eigenvalue weighted by molar-refractivity contribution is 5.53. The molecule has 9 nitrogen and oxygen atoms in total. The molecule has 0 saturated carbocycles. The number of aryl methyl sites for hydroxylation is 1. The van der Waals surface area contributed by atoms with Crippen molar-refractivity contribution >= 4 is 0 Å². The first-order valence-corrected chi connectivity index (χ1v) is 13.2. The van der Waals surface area contributed by atoms with E-state index in [4.69, 9.17) is 18.9 Å². The van der Waals surface area contributed by atoms with Gasteiger partial charge in [0.25, 0.3) is 0 Å². The predicted molar refractivity (Wildman–Crippen MR) is 146 cm³/mol. The zero-order valence-electron chi connectivity index (χ0n) is 22.0. The summed E-state index contributed by atoms with van der Waals surface area (Å²) < 4.78 is 25.0. The van der Waals surface area contributed by atoms with Crippen LogP contribution >= 0.6 is 0 Å². The Balaban J connectivity index is 1.09. The summed E-state index contributed by atoms with van der Waals surface area (Å²) >= 11 is 0. The van der Waals surface area contributed by atoms with E-state index in [9.17, 15) is 15.0 Å². The molecule has 3 heterocycles. The fraction of sp³-hybridized carbons (Fsp3) is 0.290. The van der Waals surface area contributed by atoms with Crippen molar-refractivity contribution in [3.63, 3.8) is 0 Å². The van der Waals surface area contributed by atoms with Crippen LogP contribution < -0.4 is 19.9 Å². The normalized spacial score (nSPS) is 19.9. The molecule has 0 amide bonds. The van der Waals surface area contributed by atoms with Gasteiger partial charge in [-0.1, -0.05) is 48.5 Å². The molecule has 6 rings (SSSR count). The van der Waals surface area contributed by atoms with Crippen LogP contribution in [0.1, 0.15) is 40.8 Å². The monoisotopic (exact) mass is 542 g/mol. The largest absolute Gasteiger partial charge is 0.493 e. The van der Waals surface area contributed by atoms with Gasteiger partial charge in [0.05, 0.1) is 25.2 Å². The molecule has 4 aromatic rings. The van der Waals surface area contributed by atoms with E-state index in [1.807, 2.05) is 60.7 Å². The molecule has 40 heavy (non-hydrogen) atoms.